The number of benzene rings is 6. The molecule has 2 N–H and O–H groups in total. The lowest BCUT2D eigenvalue weighted by Crippen LogP contribution is -2.42. The van der Waals surface area contributed by atoms with Crippen molar-refractivity contribution in [3.05, 3.63) is 213 Å². The van der Waals surface area contributed by atoms with Gasteiger partial charge in [-0.3, -0.25) is 9.59 Å². The molecule has 0 unspecified atom stereocenters. The SMILES string of the molecule is O=C(c1cc(NCc2ccc(C(F)(F)F)cc2)nc2ccc(C#Cc3ccccc3)cc12)N1CCC[C@H]1CN1CCCC1.O=C(c1cc(NCc2ccc(C(F)(F)F)cc2)nc2ccc(CCc3ccccc3)cc12)N1CCC[C@H]1CN1CCCC1. The van der Waals surface area contributed by atoms with Gasteiger partial charge in [-0.2, -0.15) is 26.3 Å². The van der Waals surface area contributed by atoms with Crippen LogP contribution in [0.15, 0.2) is 158 Å². The van der Waals surface area contributed by atoms with Crippen molar-refractivity contribution in [3.63, 3.8) is 0 Å². The summed E-state index contributed by atoms with van der Waals surface area (Å²) in [5.41, 5.74) is 6.66. The first-order valence-corrected chi connectivity index (χ1v) is 30.0. The van der Waals surface area contributed by atoms with Gasteiger partial charge in [-0.05, 0) is 192 Å². The Kier molecular flexibility index (Phi) is 18.7. The van der Waals surface area contributed by atoms with Crippen molar-refractivity contribution < 1.29 is 35.9 Å². The molecule has 4 aliphatic rings. The third-order valence-corrected chi connectivity index (χ3v) is 16.9. The number of fused-ring (bicyclic) bond motifs is 2. The van der Waals surface area contributed by atoms with Crippen LogP contribution in [0.2, 0.25) is 0 Å². The number of rotatable bonds is 15. The minimum Gasteiger partial charge on any atom is -0.366 e. The number of aromatic nitrogens is 2. The summed E-state index contributed by atoms with van der Waals surface area (Å²) < 4.78 is 78.0. The maximum Gasteiger partial charge on any atom is 0.416 e. The van der Waals surface area contributed by atoms with Gasteiger partial charge >= 0.3 is 12.4 Å². The third kappa shape index (κ3) is 15.0. The van der Waals surface area contributed by atoms with Gasteiger partial charge in [-0.1, -0.05) is 90.7 Å². The molecule has 0 bridgehead atoms. The summed E-state index contributed by atoms with van der Waals surface area (Å²) in [4.78, 5) is 47.0. The smallest absolute Gasteiger partial charge is 0.366 e. The molecular weight excluding hydrogens is 1100 g/mol. The zero-order valence-corrected chi connectivity index (χ0v) is 48.1. The first-order chi connectivity index (χ1) is 41.7. The van der Waals surface area contributed by atoms with E-state index in [1.807, 2.05) is 88.7 Å². The molecule has 0 saturated carbocycles. The maximum atomic E-state index is 14.2. The second-order valence-corrected chi connectivity index (χ2v) is 23.0. The molecule has 4 fully saturated rings. The normalized spacial score (nSPS) is 17.4. The van der Waals surface area contributed by atoms with Crippen LogP contribution >= 0.6 is 0 Å². The van der Waals surface area contributed by atoms with Crippen LogP contribution in [-0.4, -0.2) is 106 Å². The molecule has 8 aromatic rings. The van der Waals surface area contributed by atoms with Crippen LogP contribution in [0.1, 0.15) is 117 Å². The van der Waals surface area contributed by atoms with Gasteiger partial charge in [0.05, 0.1) is 33.3 Å². The summed E-state index contributed by atoms with van der Waals surface area (Å²) in [7, 11) is 0. The molecule has 0 radical (unpaired) electrons. The van der Waals surface area contributed by atoms with Crippen LogP contribution in [0, 0.1) is 11.8 Å². The number of nitrogens with zero attached hydrogens (tertiary/aromatic N) is 6. The number of carbonyl (C=O) groups excluding carboxylic acids is 2. The van der Waals surface area contributed by atoms with Gasteiger partial charge in [0.25, 0.3) is 11.8 Å². The molecule has 0 aliphatic carbocycles. The number of pyridine rings is 2. The van der Waals surface area contributed by atoms with Crippen LogP contribution < -0.4 is 10.6 Å². The number of halogens is 6. The quantitative estimate of drug-likeness (QED) is 0.0774. The van der Waals surface area contributed by atoms with Gasteiger partial charge in [-0.15, -0.1) is 0 Å². The number of hydrogen-bond donors (Lipinski definition) is 2. The van der Waals surface area contributed by atoms with Gasteiger partial charge in [0, 0.05) is 73.3 Å². The highest BCUT2D eigenvalue weighted by Gasteiger charge is 2.35. The summed E-state index contributed by atoms with van der Waals surface area (Å²) in [6, 6.07) is 46.0. The molecule has 6 aromatic carbocycles. The van der Waals surface area contributed by atoms with Crippen LogP contribution in [0.3, 0.4) is 0 Å². The van der Waals surface area contributed by atoms with E-state index in [4.69, 9.17) is 9.97 Å². The van der Waals surface area contributed by atoms with E-state index in [1.54, 1.807) is 6.07 Å². The van der Waals surface area contributed by atoms with Gasteiger partial charge in [-0.25, -0.2) is 9.97 Å². The molecular formula is C70H70F6N8O2. The second-order valence-electron chi connectivity index (χ2n) is 23.0. The van der Waals surface area contributed by atoms with Gasteiger partial charge in [0.2, 0.25) is 0 Å². The summed E-state index contributed by atoms with van der Waals surface area (Å²) in [6.45, 7) is 8.17. The van der Waals surface area contributed by atoms with E-state index in [0.29, 0.717) is 52.5 Å². The molecule has 2 atom stereocenters. The Bertz CT molecular complexity index is 3690. The molecule has 2 aromatic heterocycles. The van der Waals surface area contributed by atoms with Crippen molar-refractivity contribution in [2.75, 3.05) is 63.0 Å². The second kappa shape index (κ2) is 27.0. The highest BCUT2D eigenvalue weighted by atomic mass is 19.4. The van der Waals surface area contributed by atoms with Crippen molar-refractivity contribution in [1.82, 2.24) is 29.6 Å². The van der Waals surface area contributed by atoms with Crippen molar-refractivity contribution >= 4 is 45.3 Å². The predicted molar refractivity (Wildman–Crippen MR) is 327 cm³/mol. The Morgan fingerprint density at radius 1 is 0.453 bits per heavy atom. The number of likely N-dealkylation sites (tertiary alicyclic amines) is 4. The predicted octanol–water partition coefficient (Wildman–Crippen LogP) is 14.3. The fraction of sp³-hybridized carbons (Fsp3) is 0.343. The number of amides is 2. The van der Waals surface area contributed by atoms with E-state index in [2.05, 4.69) is 56.5 Å². The fourth-order valence-electron chi connectivity index (χ4n) is 12.3. The zero-order chi connectivity index (χ0) is 59.6. The van der Waals surface area contributed by atoms with Crippen LogP contribution in [0.5, 0.6) is 0 Å². The van der Waals surface area contributed by atoms with Crippen molar-refractivity contribution in [3.8, 4) is 11.8 Å². The summed E-state index contributed by atoms with van der Waals surface area (Å²) in [5, 5.41) is 8.05. The van der Waals surface area contributed by atoms with Crippen LogP contribution in [0.25, 0.3) is 21.8 Å². The van der Waals surface area contributed by atoms with E-state index in [9.17, 15) is 35.9 Å². The van der Waals surface area contributed by atoms with Crippen LogP contribution in [-0.2, 0) is 38.3 Å². The van der Waals surface area contributed by atoms with Crippen molar-refractivity contribution in [2.45, 2.75) is 102 Å². The Labute approximate surface area is 498 Å². The Hall–Kier alpha value is -8.26. The minimum absolute atomic E-state index is 0.0203. The maximum absolute atomic E-state index is 14.2. The first-order valence-electron chi connectivity index (χ1n) is 30.0. The molecule has 444 valence electrons. The monoisotopic (exact) mass is 1170 g/mol. The molecule has 2 amide bonds. The molecule has 6 heterocycles. The van der Waals surface area contributed by atoms with E-state index < -0.39 is 23.5 Å². The van der Waals surface area contributed by atoms with Gasteiger partial charge in [0.1, 0.15) is 11.6 Å². The minimum atomic E-state index is -4.38. The van der Waals surface area contributed by atoms with Gasteiger partial charge < -0.3 is 30.2 Å². The molecule has 86 heavy (non-hydrogen) atoms. The number of carbonyl (C=O) groups is 2. The lowest BCUT2D eigenvalue weighted by Gasteiger charge is -2.29. The number of nitrogens with one attached hydrogen (secondary N) is 2. The standard InChI is InChI=1S/C35H37F3N4O.C35H33F3N4O/c2*36-35(37,38)28-15-12-27(13-16-28)23-39-33-22-31(34(43)42-20-6-9-29(42)24-41-18-4-5-19-41)30-21-26(14-17-32(30)40-33)11-10-25-7-2-1-3-8-25/h1-3,7-8,12-17,21-22,29H,4-6,9-11,18-20,23-24H2,(H,39,40);1-3,7-8,12-17,21-22,29H,4-6,9,18-20,23-24H2,(H,39,40)/t2*29-/m00/s1. The summed E-state index contributed by atoms with van der Waals surface area (Å²) in [5.74, 6) is 7.42. The molecule has 16 heteroatoms. The molecule has 10 nitrogen and oxygen atoms in total. The van der Waals surface area contributed by atoms with E-state index in [0.717, 1.165) is 142 Å². The number of hydrogen-bond acceptors (Lipinski definition) is 8. The van der Waals surface area contributed by atoms with Gasteiger partial charge in [0.15, 0.2) is 0 Å². The van der Waals surface area contributed by atoms with Crippen LogP contribution in [0.4, 0.5) is 38.0 Å². The largest absolute Gasteiger partial charge is 0.416 e. The molecule has 12 rings (SSSR count). The average molecular weight is 1170 g/mol. The summed E-state index contributed by atoms with van der Waals surface area (Å²) >= 11 is 0. The summed E-state index contributed by atoms with van der Waals surface area (Å²) in [6.07, 6.45) is 1.80. The van der Waals surface area contributed by atoms with E-state index in [-0.39, 0.29) is 30.4 Å². The van der Waals surface area contributed by atoms with E-state index >= 15 is 0 Å². The average Bonchev–Trinajstić information content (AvgIpc) is 2.01. The zero-order valence-electron chi connectivity index (χ0n) is 48.1. The Balaban J connectivity index is 0.000000179. The first kappa shape index (κ1) is 59.5. The Morgan fingerprint density at radius 2 is 0.884 bits per heavy atom. The lowest BCUT2D eigenvalue weighted by molar-refractivity contribution is -0.138. The number of aryl methyl sites for hydroxylation is 2. The van der Waals surface area contributed by atoms with Crippen molar-refractivity contribution in [2.24, 2.45) is 0 Å². The molecule has 0 spiro atoms. The Morgan fingerprint density at radius 3 is 1.37 bits per heavy atom. The topological polar surface area (TPSA) is 96.9 Å². The number of anilines is 2. The van der Waals surface area contributed by atoms with Crippen molar-refractivity contribution in [1.29, 1.82) is 0 Å². The highest BCUT2D eigenvalue weighted by Crippen LogP contribution is 2.34. The molecule has 4 aliphatic heterocycles. The third-order valence-electron chi connectivity index (χ3n) is 16.9. The highest BCUT2D eigenvalue weighted by molar-refractivity contribution is 6.08. The molecule has 4 saturated heterocycles. The number of alkyl halides is 6. The van der Waals surface area contributed by atoms with E-state index in [1.165, 1.54) is 55.5 Å². The lowest BCUT2D eigenvalue weighted by atomic mass is 10.00. The fourth-order valence-corrected chi connectivity index (χ4v) is 12.3.